The van der Waals surface area contributed by atoms with E-state index in [0.29, 0.717) is 0 Å². The number of nitrogens with one attached hydrogen (secondary N) is 1. The lowest BCUT2D eigenvalue weighted by molar-refractivity contribution is 0.768. The number of hydrogen-bond acceptors (Lipinski definition) is 2. The summed E-state index contributed by atoms with van der Waals surface area (Å²) in [5.41, 5.74) is 52.5. The predicted molar refractivity (Wildman–Crippen MR) is 525 cm³/mol. The number of anilines is 5. The molecule has 0 bridgehead atoms. The van der Waals surface area contributed by atoms with Crippen LogP contribution in [-0.2, 0) is 21.7 Å². The van der Waals surface area contributed by atoms with E-state index in [0.717, 1.165) is 33.5 Å². The van der Waals surface area contributed by atoms with E-state index in [1.165, 1.54) is 200 Å². The third-order valence-corrected chi connectivity index (χ3v) is 29.1. The van der Waals surface area contributed by atoms with Gasteiger partial charge in [-0.25, -0.2) is 0 Å². The number of halogens is 1. The molecule has 0 fully saturated rings. The fourth-order valence-corrected chi connectivity index (χ4v) is 24.2. The van der Waals surface area contributed by atoms with Gasteiger partial charge >= 0.3 is 0 Å². The SMILES string of the molecule is Clc1ccc(-c2ccc3c(c2)C24c5ccccc5-c5cccc(c52)-c2cccc-3c24)cc1.c1ccc(N(c2ccc(-c3ccc4c(c3)C35c6ccccc6-c6cccc(c63)-c3cccc-4c35)cc2)c2ccc3c(c2)C(c2ccccc2)(c2ccccc2)c2ccccc2-3)cc1.c1ccc(Nc2ccc3c(c2)C(c2ccccc2)(c2ccccc2)c2ccccc2-3)cc1. The molecule has 2 unspecified atom stereocenters. The smallest absolute Gasteiger partial charge is 0.0737 e. The first-order valence-corrected chi connectivity index (χ1v) is 44.6. The number of para-hydroxylation sites is 2. The summed E-state index contributed by atoms with van der Waals surface area (Å²) in [6, 6.07) is 174. The Hall–Kier alpha value is -15.7. The third kappa shape index (κ3) is 10.2. The number of fused-ring (bicyclic) bond motifs is 16. The molecule has 0 heterocycles. The van der Waals surface area contributed by atoms with Crippen LogP contribution in [0.25, 0.3) is 111 Å². The minimum atomic E-state index is -0.482. The van der Waals surface area contributed by atoms with Crippen molar-refractivity contribution in [2.75, 3.05) is 10.2 Å². The lowest BCUT2D eigenvalue weighted by Gasteiger charge is -2.35. The van der Waals surface area contributed by atoms with Gasteiger partial charge in [-0.2, -0.15) is 0 Å². The van der Waals surface area contributed by atoms with E-state index in [9.17, 15) is 0 Å². The maximum Gasteiger partial charge on any atom is 0.0737 e. The molecule has 20 aromatic rings. The van der Waals surface area contributed by atoms with Gasteiger partial charge < -0.3 is 10.2 Å². The van der Waals surface area contributed by atoms with Gasteiger partial charge in [-0.15, -0.1) is 0 Å². The van der Waals surface area contributed by atoms with Gasteiger partial charge in [-0.05, 0) is 285 Å². The first-order chi connectivity index (χ1) is 62.9. The Morgan fingerprint density at radius 2 is 0.425 bits per heavy atom. The van der Waals surface area contributed by atoms with Crippen LogP contribution in [0.2, 0.25) is 5.02 Å². The van der Waals surface area contributed by atoms with Crippen molar-refractivity contribution in [3.05, 3.63) is 567 Å². The molecule has 0 aliphatic heterocycles. The van der Waals surface area contributed by atoms with Crippen LogP contribution in [0.3, 0.4) is 0 Å². The highest BCUT2D eigenvalue weighted by atomic mass is 35.5. The van der Waals surface area contributed by atoms with Gasteiger partial charge in [-0.3, -0.25) is 0 Å². The molecular weight excluding hydrogens is 1550 g/mol. The highest BCUT2D eigenvalue weighted by Gasteiger charge is 2.60. The summed E-state index contributed by atoms with van der Waals surface area (Å²) >= 11 is 6.17. The predicted octanol–water partition coefficient (Wildman–Crippen LogP) is 31.6. The normalized spacial score (nSPS) is 15.6. The van der Waals surface area contributed by atoms with E-state index in [2.05, 4.69) is 465 Å². The summed E-state index contributed by atoms with van der Waals surface area (Å²) in [6.07, 6.45) is 0. The highest BCUT2D eigenvalue weighted by Crippen LogP contribution is 2.73. The maximum absolute atomic E-state index is 6.17. The van der Waals surface area contributed by atoms with E-state index in [1.807, 2.05) is 18.2 Å². The second-order valence-corrected chi connectivity index (χ2v) is 35.2. The highest BCUT2D eigenvalue weighted by molar-refractivity contribution is 6.30. The van der Waals surface area contributed by atoms with Gasteiger partial charge in [0.2, 0.25) is 0 Å². The number of nitrogens with zero attached hydrogens (tertiary/aromatic N) is 1. The summed E-state index contributed by atoms with van der Waals surface area (Å²) in [7, 11) is 0. The van der Waals surface area contributed by atoms with Crippen molar-refractivity contribution in [1.82, 2.24) is 0 Å². The van der Waals surface area contributed by atoms with Gasteiger partial charge in [-0.1, -0.05) is 400 Å². The average molecular weight is 1630 g/mol. The van der Waals surface area contributed by atoms with Crippen LogP contribution in [0.4, 0.5) is 28.4 Å². The molecule has 592 valence electrons. The molecule has 0 aromatic heterocycles. The molecule has 1 N–H and O–H groups in total. The zero-order valence-electron chi connectivity index (χ0n) is 69.4. The van der Waals surface area contributed by atoms with Gasteiger partial charge in [0.05, 0.1) is 21.7 Å². The van der Waals surface area contributed by atoms with Crippen molar-refractivity contribution >= 4 is 40.0 Å². The summed E-state index contributed by atoms with van der Waals surface area (Å²) in [5.74, 6) is 0. The first-order valence-electron chi connectivity index (χ1n) is 44.2. The molecule has 8 aliphatic rings. The number of hydrogen-bond donors (Lipinski definition) is 1. The number of rotatable bonds is 11. The summed E-state index contributed by atoms with van der Waals surface area (Å²) in [6.45, 7) is 0. The van der Waals surface area contributed by atoms with Crippen molar-refractivity contribution in [3.8, 4) is 111 Å². The van der Waals surface area contributed by atoms with Crippen LogP contribution in [0.5, 0.6) is 0 Å². The van der Waals surface area contributed by atoms with Crippen molar-refractivity contribution in [2.45, 2.75) is 21.7 Å². The van der Waals surface area contributed by atoms with Crippen LogP contribution < -0.4 is 10.2 Å². The minimum absolute atomic E-state index is 0.216. The number of benzene rings is 20. The van der Waals surface area contributed by atoms with Gasteiger partial charge in [0.1, 0.15) is 0 Å². The maximum atomic E-state index is 6.17. The first kappa shape index (κ1) is 72.9. The zero-order chi connectivity index (χ0) is 83.7. The molecule has 28 rings (SSSR count). The Morgan fingerprint density at radius 3 is 0.827 bits per heavy atom. The molecule has 0 saturated heterocycles. The van der Waals surface area contributed by atoms with E-state index < -0.39 is 5.41 Å². The molecule has 3 heteroatoms. The van der Waals surface area contributed by atoms with E-state index in [1.54, 1.807) is 0 Å². The van der Waals surface area contributed by atoms with Crippen LogP contribution in [0.1, 0.15) is 89.0 Å². The van der Waals surface area contributed by atoms with E-state index in [-0.39, 0.29) is 16.2 Å². The fourth-order valence-electron chi connectivity index (χ4n) is 24.1. The molecule has 0 radical (unpaired) electrons. The Balaban J connectivity index is 0.000000112. The van der Waals surface area contributed by atoms with Crippen molar-refractivity contribution in [2.24, 2.45) is 0 Å². The van der Waals surface area contributed by atoms with E-state index in [4.69, 9.17) is 11.6 Å². The molecule has 2 spiro atoms. The molecule has 20 aromatic carbocycles. The molecule has 127 heavy (non-hydrogen) atoms. The van der Waals surface area contributed by atoms with Crippen LogP contribution in [0, 0.1) is 0 Å². The van der Waals surface area contributed by atoms with Gasteiger partial charge in [0, 0.05) is 33.5 Å². The molecule has 0 saturated carbocycles. The lowest BCUT2D eigenvalue weighted by atomic mass is 9.67. The van der Waals surface area contributed by atoms with Crippen molar-refractivity contribution in [1.29, 1.82) is 0 Å². The van der Waals surface area contributed by atoms with Crippen LogP contribution in [0.15, 0.2) is 473 Å². The van der Waals surface area contributed by atoms with Crippen LogP contribution in [-0.4, -0.2) is 0 Å². The lowest BCUT2D eigenvalue weighted by Crippen LogP contribution is -2.28. The Labute approximate surface area is 745 Å². The Kier molecular flexibility index (Phi) is 16.2. The second-order valence-electron chi connectivity index (χ2n) is 34.8. The quantitative estimate of drug-likeness (QED) is 0.139. The van der Waals surface area contributed by atoms with Crippen LogP contribution >= 0.6 is 11.6 Å². The minimum Gasteiger partial charge on any atom is -0.356 e. The van der Waals surface area contributed by atoms with Crippen molar-refractivity contribution in [3.63, 3.8) is 0 Å². The molecule has 2 nitrogen and oxygen atoms in total. The fraction of sp³-hybridized carbons (Fsp3) is 0.0323. The largest absolute Gasteiger partial charge is 0.356 e. The summed E-state index contributed by atoms with van der Waals surface area (Å²) in [4.78, 5) is 2.42. The third-order valence-electron chi connectivity index (χ3n) is 28.9. The standard InChI is InChI=1S/C62H39N.C31H17Cl.C31H23N/c1-4-16-42(17-5-1)61(43-18-6-2-7-19-43)55-28-12-10-22-47(55)49-37-35-46(39-58(49)61)63(44-20-8-3-9-21-44)45-33-30-40(31-34-45)41-32-36-50-52-25-15-27-54-53-26-14-24-51-48-23-11-13-29-56(48)62(59(51)53,60(52)54)57(50)38-41;32-20-14-11-18(12-15-20)19-13-16-22-24-7-4-9-26-25-8-3-6-23-21-5-1-2-10-27(21)31(29(23)25,30(24)26)28(22)17-19;1-4-12-23(13-5-1)31(24-14-6-2-7-15-24)29-19-11-10-18-27(29)28-21-20-26(22-30(28)31)32-25-16-8-3-9-17-25/h1-39H;1-17H;1-22,32H. The average Bonchev–Trinajstić information content (AvgIpc) is 1.48. The monoisotopic (exact) mass is 1630 g/mol. The Morgan fingerprint density at radius 1 is 0.165 bits per heavy atom. The van der Waals surface area contributed by atoms with Crippen molar-refractivity contribution < 1.29 is 0 Å². The zero-order valence-corrected chi connectivity index (χ0v) is 70.1. The Bertz CT molecular complexity index is 7740. The van der Waals surface area contributed by atoms with E-state index >= 15 is 0 Å². The summed E-state index contributed by atoms with van der Waals surface area (Å²) < 4.78 is 0. The molecule has 8 aliphatic carbocycles. The molecule has 2 atom stereocenters. The molecule has 0 amide bonds. The molecular formula is C124H79ClN2. The van der Waals surface area contributed by atoms with Gasteiger partial charge in [0.25, 0.3) is 0 Å². The second kappa shape index (κ2) is 28.2. The summed E-state index contributed by atoms with van der Waals surface area (Å²) in [5, 5.41) is 4.37. The topological polar surface area (TPSA) is 15.3 Å². The van der Waals surface area contributed by atoms with Gasteiger partial charge in [0.15, 0.2) is 0 Å².